The minimum atomic E-state index is 0. The highest BCUT2D eigenvalue weighted by molar-refractivity contribution is 7.99. The van der Waals surface area contributed by atoms with Crippen LogP contribution >= 0.6 is 47.4 Å². The van der Waals surface area contributed by atoms with Crippen LogP contribution in [-0.2, 0) is 20.2 Å². The highest BCUT2D eigenvalue weighted by Gasteiger charge is 2.13. The van der Waals surface area contributed by atoms with E-state index in [9.17, 15) is 0 Å². The number of ether oxygens (including phenoxy) is 2. The summed E-state index contributed by atoms with van der Waals surface area (Å²) in [5, 5.41) is 16.9. The first-order chi connectivity index (χ1) is 15.1. The van der Waals surface area contributed by atoms with Crippen molar-refractivity contribution in [2.45, 2.75) is 31.7 Å². The van der Waals surface area contributed by atoms with Crippen LogP contribution < -0.4 is 14.8 Å². The summed E-state index contributed by atoms with van der Waals surface area (Å²) < 4.78 is 13.4. The van der Waals surface area contributed by atoms with E-state index < -0.39 is 0 Å². The molecule has 0 unspecified atom stereocenters. The molecule has 0 saturated heterocycles. The maximum atomic E-state index is 6.52. The van der Waals surface area contributed by atoms with Gasteiger partial charge in [0.1, 0.15) is 6.61 Å². The van der Waals surface area contributed by atoms with Gasteiger partial charge in [0.25, 0.3) is 0 Å². The molecule has 0 aliphatic heterocycles. The lowest BCUT2D eigenvalue weighted by atomic mass is 10.2. The molecule has 1 N–H and O–H groups in total. The molecule has 2 aromatic carbocycles. The second kappa shape index (κ2) is 13.7. The van der Waals surface area contributed by atoms with Gasteiger partial charge in [-0.15, -0.1) is 17.5 Å². The van der Waals surface area contributed by atoms with Crippen LogP contribution in [0.5, 0.6) is 11.5 Å². The lowest BCUT2D eigenvalue weighted by molar-refractivity contribution is 0.269. The smallest absolute Gasteiger partial charge is 0.209 e. The Bertz CT molecular complexity index is 973. The topological polar surface area (TPSA) is 74.1 Å². The highest BCUT2D eigenvalue weighted by Crippen LogP contribution is 2.37. The van der Waals surface area contributed by atoms with E-state index >= 15 is 0 Å². The van der Waals surface area contributed by atoms with Crippen molar-refractivity contribution in [1.82, 2.24) is 25.5 Å². The van der Waals surface area contributed by atoms with Gasteiger partial charge in [-0.3, -0.25) is 0 Å². The van der Waals surface area contributed by atoms with E-state index in [0.29, 0.717) is 41.3 Å². The predicted molar refractivity (Wildman–Crippen MR) is 131 cm³/mol. The van der Waals surface area contributed by atoms with Gasteiger partial charge < -0.3 is 14.8 Å². The molecule has 0 spiro atoms. The van der Waals surface area contributed by atoms with Crippen molar-refractivity contribution in [3.8, 4) is 11.5 Å². The van der Waals surface area contributed by atoms with Crippen LogP contribution in [0.3, 0.4) is 0 Å². The average molecular weight is 519 g/mol. The van der Waals surface area contributed by atoms with Gasteiger partial charge in [-0.2, -0.15) is 0 Å². The number of hydrogen-bond donors (Lipinski definition) is 1. The number of benzene rings is 2. The molecule has 32 heavy (non-hydrogen) atoms. The third-order valence-corrected chi connectivity index (χ3v) is 5.93. The zero-order valence-corrected chi connectivity index (χ0v) is 21.0. The van der Waals surface area contributed by atoms with E-state index in [1.165, 1.54) is 0 Å². The fourth-order valence-corrected chi connectivity index (χ4v) is 4.00. The van der Waals surface area contributed by atoms with Crippen LogP contribution in [0.1, 0.15) is 24.5 Å². The maximum Gasteiger partial charge on any atom is 0.209 e. The van der Waals surface area contributed by atoms with Gasteiger partial charge in [0.15, 0.2) is 11.5 Å². The van der Waals surface area contributed by atoms with Gasteiger partial charge in [0, 0.05) is 24.4 Å². The molecule has 3 aromatic rings. The third kappa shape index (κ3) is 8.01. The molecule has 0 bridgehead atoms. The molecule has 3 rings (SSSR count). The first kappa shape index (κ1) is 26.5. The van der Waals surface area contributed by atoms with E-state index in [0.717, 1.165) is 35.0 Å². The first-order valence-corrected chi connectivity index (χ1v) is 11.7. The molecular formula is C21H26Cl3N5O2S. The summed E-state index contributed by atoms with van der Waals surface area (Å²) in [5.74, 6) is 2.13. The Balaban J connectivity index is 0.00000363. The molecule has 1 heterocycles. The second-order valence-corrected chi connectivity index (χ2v) is 8.62. The number of rotatable bonds is 12. The quantitative estimate of drug-likeness (QED) is 0.261. The van der Waals surface area contributed by atoms with Crippen molar-refractivity contribution in [3.63, 3.8) is 0 Å². The molecule has 174 valence electrons. The highest BCUT2D eigenvalue weighted by atomic mass is 35.5. The van der Waals surface area contributed by atoms with Crippen molar-refractivity contribution in [2.24, 2.45) is 7.05 Å². The molecule has 0 aliphatic rings. The summed E-state index contributed by atoms with van der Waals surface area (Å²) in [7, 11) is 1.84. The van der Waals surface area contributed by atoms with Crippen LogP contribution in [-0.4, -0.2) is 39.1 Å². The number of nitrogens with one attached hydrogen (secondary N) is 1. The summed E-state index contributed by atoms with van der Waals surface area (Å²) in [5.41, 5.74) is 2.04. The molecule has 0 radical (unpaired) electrons. The Morgan fingerprint density at radius 2 is 1.88 bits per heavy atom. The first-order valence-electron chi connectivity index (χ1n) is 9.95. The number of hydrogen-bond acceptors (Lipinski definition) is 7. The van der Waals surface area contributed by atoms with E-state index in [-0.39, 0.29) is 12.4 Å². The molecule has 0 amide bonds. The van der Waals surface area contributed by atoms with Crippen molar-refractivity contribution >= 4 is 47.4 Å². The SMILES string of the molecule is CCOc1cc(CNCCCSc2nnnn2C)cc(Cl)c1OCc1ccc(Cl)cc1.Cl. The van der Waals surface area contributed by atoms with E-state index in [1.807, 2.05) is 50.4 Å². The summed E-state index contributed by atoms with van der Waals surface area (Å²) >= 11 is 14.1. The Morgan fingerprint density at radius 3 is 2.56 bits per heavy atom. The van der Waals surface area contributed by atoms with E-state index in [1.54, 1.807) is 16.4 Å². The van der Waals surface area contributed by atoms with Gasteiger partial charge in [-0.05, 0) is 65.7 Å². The van der Waals surface area contributed by atoms with Crippen LogP contribution in [0.4, 0.5) is 0 Å². The Kier molecular flexibility index (Phi) is 11.4. The van der Waals surface area contributed by atoms with Crippen LogP contribution in [0.25, 0.3) is 0 Å². The minimum absolute atomic E-state index is 0. The van der Waals surface area contributed by atoms with Crippen molar-refractivity contribution in [2.75, 3.05) is 18.9 Å². The van der Waals surface area contributed by atoms with E-state index in [2.05, 4.69) is 20.8 Å². The zero-order chi connectivity index (χ0) is 22.1. The standard InChI is InChI=1S/C21H25Cl2N5O2S.ClH/c1-3-29-19-12-16(13-24-9-4-10-31-21-25-26-27-28(21)2)11-18(23)20(19)30-14-15-5-7-17(22)8-6-15;/h5-8,11-12,24H,3-4,9-10,13-14H2,1-2H3;1H. The molecule has 0 fully saturated rings. The molecule has 0 aliphatic carbocycles. The normalized spacial score (nSPS) is 10.6. The fourth-order valence-electron chi connectivity index (χ4n) is 2.80. The molecule has 7 nitrogen and oxygen atoms in total. The van der Waals surface area contributed by atoms with Crippen molar-refractivity contribution < 1.29 is 9.47 Å². The minimum Gasteiger partial charge on any atom is -0.490 e. The van der Waals surface area contributed by atoms with Crippen LogP contribution in [0.15, 0.2) is 41.6 Å². The number of aromatic nitrogens is 4. The van der Waals surface area contributed by atoms with Gasteiger partial charge >= 0.3 is 0 Å². The maximum absolute atomic E-state index is 6.52. The van der Waals surface area contributed by atoms with Crippen molar-refractivity contribution in [3.05, 3.63) is 57.6 Å². The number of halogens is 3. The second-order valence-electron chi connectivity index (χ2n) is 6.72. The van der Waals surface area contributed by atoms with Gasteiger partial charge in [-0.25, -0.2) is 4.68 Å². The number of thioether (sulfide) groups is 1. The predicted octanol–water partition coefficient (Wildman–Crippen LogP) is 5.19. The monoisotopic (exact) mass is 517 g/mol. The summed E-state index contributed by atoms with van der Waals surface area (Å²) in [6.07, 6.45) is 0.992. The largest absolute Gasteiger partial charge is 0.490 e. The van der Waals surface area contributed by atoms with Crippen molar-refractivity contribution in [1.29, 1.82) is 0 Å². The lowest BCUT2D eigenvalue weighted by Crippen LogP contribution is -2.15. The zero-order valence-electron chi connectivity index (χ0n) is 17.9. The summed E-state index contributed by atoms with van der Waals surface area (Å²) in [6, 6.07) is 11.4. The number of nitrogens with zero attached hydrogens (tertiary/aromatic N) is 4. The molecular weight excluding hydrogens is 493 g/mol. The molecule has 0 atom stereocenters. The molecule has 0 saturated carbocycles. The van der Waals surface area contributed by atoms with Crippen LogP contribution in [0, 0.1) is 0 Å². The molecule has 1 aromatic heterocycles. The van der Waals surface area contributed by atoms with Crippen LogP contribution in [0.2, 0.25) is 10.0 Å². The fraction of sp³-hybridized carbons (Fsp3) is 0.381. The Hall–Kier alpha value is -1.71. The van der Waals surface area contributed by atoms with E-state index in [4.69, 9.17) is 32.7 Å². The lowest BCUT2D eigenvalue weighted by Gasteiger charge is -2.16. The number of tetrazole rings is 1. The van der Waals surface area contributed by atoms with Gasteiger partial charge in [0.2, 0.25) is 5.16 Å². The van der Waals surface area contributed by atoms with Gasteiger partial charge in [-0.1, -0.05) is 47.1 Å². The average Bonchev–Trinajstić information content (AvgIpc) is 3.16. The third-order valence-electron chi connectivity index (χ3n) is 4.31. The Labute approximate surface area is 208 Å². The number of aryl methyl sites for hydroxylation is 1. The molecule has 11 heteroatoms. The summed E-state index contributed by atoms with van der Waals surface area (Å²) in [6.45, 7) is 4.40. The Morgan fingerprint density at radius 1 is 1.09 bits per heavy atom. The van der Waals surface area contributed by atoms with Gasteiger partial charge in [0.05, 0.1) is 11.6 Å². The summed E-state index contributed by atoms with van der Waals surface area (Å²) in [4.78, 5) is 0.